The molecule has 5 nitrogen and oxygen atoms in total. The first kappa shape index (κ1) is 16.1. The molecule has 0 saturated carbocycles. The molecule has 0 aromatic heterocycles. The van der Waals surface area contributed by atoms with Crippen molar-refractivity contribution < 1.29 is 31.1 Å². The number of sulfone groups is 1. The van der Waals surface area contributed by atoms with Crippen LogP contribution in [0.4, 0.5) is 13.2 Å². The first-order valence-electron chi connectivity index (χ1n) is 6.19. The van der Waals surface area contributed by atoms with Gasteiger partial charge in [-0.1, -0.05) is 13.0 Å². The van der Waals surface area contributed by atoms with Crippen LogP contribution >= 0.6 is 0 Å². The van der Waals surface area contributed by atoms with Crippen LogP contribution in [0.1, 0.15) is 12.5 Å². The SMILES string of the molecule is CCNCC1OCc2ccc(S(=O)(=O)C(F)(F)F)cc2O1. The molecule has 1 heterocycles. The van der Waals surface area contributed by atoms with Gasteiger partial charge in [0.15, 0.2) is 0 Å². The second-order valence-corrected chi connectivity index (χ2v) is 6.33. The van der Waals surface area contributed by atoms with E-state index in [-0.39, 0.29) is 12.4 Å². The number of hydrogen-bond donors (Lipinski definition) is 1. The van der Waals surface area contributed by atoms with E-state index in [1.165, 1.54) is 6.07 Å². The molecule has 1 aromatic rings. The summed E-state index contributed by atoms with van der Waals surface area (Å²) < 4.78 is 71.0. The minimum Gasteiger partial charge on any atom is -0.463 e. The molecule has 1 aliphatic heterocycles. The number of fused-ring (bicyclic) bond motifs is 1. The third-order valence-electron chi connectivity index (χ3n) is 2.90. The monoisotopic (exact) mass is 325 g/mol. The maximum atomic E-state index is 12.5. The highest BCUT2D eigenvalue weighted by atomic mass is 32.2. The highest BCUT2D eigenvalue weighted by Gasteiger charge is 2.47. The maximum Gasteiger partial charge on any atom is 0.501 e. The van der Waals surface area contributed by atoms with Crippen LogP contribution in [-0.2, 0) is 21.2 Å². The van der Waals surface area contributed by atoms with Gasteiger partial charge in [-0.3, -0.25) is 0 Å². The Morgan fingerprint density at radius 3 is 2.71 bits per heavy atom. The number of halogens is 3. The number of ether oxygens (including phenoxy) is 2. The van der Waals surface area contributed by atoms with Gasteiger partial charge < -0.3 is 14.8 Å². The highest BCUT2D eigenvalue weighted by molar-refractivity contribution is 7.92. The maximum absolute atomic E-state index is 12.5. The van der Waals surface area contributed by atoms with Crippen LogP contribution in [0.2, 0.25) is 0 Å². The van der Waals surface area contributed by atoms with Crippen molar-refractivity contribution in [1.29, 1.82) is 0 Å². The van der Waals surface area contributed by atoms with E-state index in [0.717, 1.165) is 12.1 Å². The van der Waals surface area contributed by atoms with Crippen molar-refractivity contribution in [1.82, 2.24) is 5.32 Å². The van der Waals surface area contributed by atoms with Gasteiger partial charge in [-0.05, 0) is 18.7 Å². The van der Waals surface area contributed by atoms with Gasteiger partial charge in [0.1, 0.15) is 5.75 Å². The van der Waals surface area contributed by atoms with Gasteiger partial charge in [-0.15, -0.1) is 0 Å². The second-order valence-electron chi connectivity index (χ2n) is 4.38. The van der Waals surface area contributed by atoms with Crippen LogP contribution in [-0.4, -0.2) is 33.3 Å². The summed E-state index contributed by atoms with van der Waals surface area (Å²) in [6.45, 7) is 3.06. The third-order valence-corrected chi connectivity index (χ3v) is 4.38. The molecular weight excluding hydrogens is 311 g/mol. The van der Waals surface area contributed by atoms with Gasteiger partial charge in [0, 0.05) is 5.56 Å². The summed E-state index contributed by atoms with van der Waals surface area (Å²) in [6.07, 6.45) is -0.665. The molecule has 0 fully saturated rings. The Morgan fingerprint density at radius 2 is 2.10 bits per heavy atom. The predicted molar refractivity (Wildman–Crippen MR) is 67.4 cm³/mol. The van der Waals surface area contributed by atoms with Crippen LogP contribution in [0.5, 0.6) is 5.75 Å². The lowest BCUT2D eigenvalue weighted by atomic mass is 10.2. The van der Waals surface area contributed by atoms with Crippen LogP contribution < -0.4 is 10.1 Å². The van der Waals surface area contributed by atoms with Crippen molar-refractivity contribution in [2.45, 2.75) is 30.2 Å². The van der Waals surface area contributed by atoms with Gasteiger partial charge in [0.25, 0.3) is 9.84 Å². The third kappa shape index (κ3) is 3.30. The minimum absolute atomic E-state index is 0.0921. The second kappa shape index (κ2) is 5.82. The molecule has 9 heteroatoms. The molecule has 2 rings (SSSR count). The van der Waals surface area contributed by atoms with Gasteiger partial charge in [-0.25, -0.2) is 8.42 Å². The van der Waals surface area contributed by atoms with Crippen molar-refractivity contribution >= 4 is 9.84 Å². The fourth-order valence-electron chi connectivity index (χ4n) is 1.79. The lowest BCUT2D eigenvalue weighted by Gasteiger charge is -2.27. The molecule has 0 spiro atoms. The number of likely N-dealkylation sites (N-methyl/N-ethyl adjacent to an activating group) is 1. The summed E-state index contributed by atoms with van der Waals surface area (Å²) in [6, 6.07) is 3.05. The quantitative estimate of drug-likeness (QED) is 0.915. The van der Waals surface area contributed by atoms with E-state index in [9.17, 15) is 21.6 Å². The highest BCUT2D eigenvalue weighted by Crippen LogP contribution is 2.34. The summed E-state index contributed by atoms with van der Waals surface area (Å²) in [5.41, 5.74) is -4.83. The fraction of sp³-hybridized carbons (Fsp3) is 0.500. The van der Waals surface area contributed by atoms with Gasteiger partial charge >= 0.3 is 5.51 Å². The standard InChI is InChI=1S/C12H14F3NO4S/c1-2-16-6-11-19-7-8-3-4-9(5-10(8)20-11)21(17,18)12(13,14)15/h3-5,11,16H,2,6-7H2,1H3. The fourth-order valence-corrected chi connectivity index (χ4v) is 2.56. The zero-order chi connectivity index (χ0) is 15.7. The molecule has 0 amide bonds. The largest absolute Gasteiger partial charge is 0.501 e. The molecule has 0 bridgehead atoms. The molecule has 1 N–H and O–H groups in total. The molecule has 0 aliphatic carbocycles. The minimum atomic E-state index is -5.38. The number of hydrogen-bond acceptors (Lipinski definition) is 5. The van der Waals surface area contributed by atoms with Crippen molar-refractivity contribution in [3.05, 3.63) is 23.8 Å². The first-order chi connectivity index (χ1) is 9.75. The smallest absolute Gasteiger partial charge is 0.463 e. The molecule has 0 saturated heterocycles. The molecule has 1 aromatic carbocycles. The van der Waals surface area contributed by atoms with Crippen molar-refractivity contribution in [3.63, 3.8) is 0 Å². The zero-order valence-electron chi connectivity index (χ0n) is 11.1. The molecule has 1 unspecified atom stereocenters. The van der Waals surface area contributed by atoms with Crippen molar-refractivity contribution in [2.24, 2.45) is 0 Å². The van der Waals surface area contributed by atoms with Crippen molar-refractivity contribution in [3.8, 4) is 5.75 Å². The molecule has 21 heavy (non-hydrogen) atoms. The van der Waals surface area contributed by atoms with Crippen molar-refractivity contribution in [2.75, 3.05) is 13.1 Å². The summed E-state index contributed by atoms with van der Waals surface area (Å²) in [7, 11) is -5.38. The van der Waals surface area contributed by atoms with Gasteiger partial charge in [-0.2, -0.15) is 13.2 Å². The summed E-state index contributed by atoms with van der Waals surface area (Å²) in [5, 5.41) is 2.97. The number of benzene rings is 1. The Kier molecular flexibility index (Phi) is 4.45. The lowest BCUT2D eigenvalue weighted by molar-refractivity contribution is -0.104. The van der Waals surface area contributed by atoms with E-state index in [4.69, 9.17) is 9.47 Å². The Morgan fingerprint density at radius 1 is 1.38 bits per heavy atom. The summed E-state index contributed by atoms with van der Waals surface area (Å²) in [5.74, 6) is 0.0921. The Hall–Kier alpha value is -1.32. The van der Waals surface area contributed by atoms with E-state index >= 15 is 0 Å². The Balaban J connectivity index is 2.27. The van der Waals surface area contributed by atoms with E-state index in [1.54, 1.807) is 0 Å². The normalized spacial score (nSPS) is 19.0. The Labute approximate surface area is 120 Å². The van der Waals surface area contributed by atoms with E-state index in [0.29, 0.717) is 18.7 Å². The average Bonchev–Trinajstić information content (AvgIpc) is 2.43. The number of rotatable bonds is 4. The molecular formula is C12H14F3NO4S. The van der Waals surface area contributed by atoms with Crippen LogP contribution in [0.25, 0.3) is 0 Å². The Bertz CT molecular complexity index is 615. The predicted octanol–water partition coefficient (Wildman–Crippen LogP) is 1.82. The first-order valence-corrected chi connectivity index (χ1v) is 7.67. The van der Waals surface area contributed by atoms with Crippen LogP contribution in [0.3, 0.4) is 0 Å². The van der Waals surface area contributed by atoms with E-state index in [2.05, 4.69) is 5.32 Å². The molecule has 1 atom stereocenters. The van der Waals surface area contributed by atoms with Crippen LogP contribution in [0, 0.1) is 0 Å². The number of nitrogens with one attached hydrogen (secondary N) is 1. The molecule has 0 radical (unpaired) electrons. The van der Waals surface area contributed by atoms with Gasteiger partial charge in [0.05, 0.1) is 18.0 Å². The zero-order valence-corrected chi connectivity index (χ0v) is 11.9. The van der Waals surface area contributed by atoms with Gasteiger partial charge in [0.2, 0.25) is 6.29 Å². The average molecular weight is 325 g/mol. The summed E-state index contributed by atoms with van der Waals surface area (Å²) >= 11 is 0. The topological polar surface area (TPSA) is 64.6 Å². The van der Waals surface area contributed by atoms with E-state index < -0.39 is 26.5 Å². The number of alkyl halides is 3. The lowest BCUT2D eigenvalue weighted by Crippen LogP contribution is -2.36. The van der Waals surface area contributed by atoms with Crippen LogP contribution in [0.15, 0.2) is 23.1 Å². The van der Waals surface area contributed by atoms with E-state index in [1.807, 2.05) is 6.92 Å². The molecule has 1 aliphatic rings. The molecule has 118 valence electrons. The summed E-state index contributed by atoms with van der Waals surface area (Å²) in [4.78, 5) is -0.835.